The van der Waals surface area contributed by atoms with Crippen LogP contribution >= 0.6 is 0 Å². The number of benzene rings is 1. The number of nitrogens with zero attached hydrogens (tertiary/aromatic N) is 3. The highest BCUT2D eigenvalue weighted by atomic mass is 28.4. The van der Waals surface area contributed by atoms with Crippen LogP contribution in [0.15, 0.2) is 36.5 Å². The summed E-state index contributed by atoms with van der Waals surface area (Å²) in [4.78, 5) is 4.52. The monoisotopic (exact) mass is 482 g/mol. The lowest BCUT2D eigenvalue weighted by Gasteiger charge is -2.41. The molecule has 34 heavy (non-hydrogen) atoms. The summed E-state index contributed by atoms with van der Waals surface area (Å²) in [7, 11) is -0.0970. The van der Waals surface area contributed by atoms with Crippen molar-refractivity contribution in [2.45, 2.75) is 83.3 Å². The van der Waals surface area contributed by atoms with Crippen LogP contribution in [0.1, 0.15) is 52.0 Å². The second-order valence-corrected chi connectivity index (χ2v) is 15.6. The zero-order chi connectivity index (χ0) is 24.5. The third-order valence-electron chi connectivity index (χ3n) is 7.38. The Morgan fingerprint density at radius 1 is 1.09 bits per heavy atom. The molecule has 8 heteroatoms. The van der Waals surface area contributed by atoms with Gasteiger partial charge in [-0.3, -0.25) is 0 Å². The minimum atomic E-state index is -1.76. The highest BCUT2D eigenvalue weighted by molar-refractivity contribution is 6.74. The summed E-state index contributed by atoms with van der Waals surface area (Å²) >= 11 is 0. The summed E-state index contributed by atoms with van der Waals surface area (Å²) in [6, 6.07) is 9.84. The summed E-state index contributed by atoms with van der Waals surface area (Å²) in [5, 5.41) is 19.9. The number of anilines is 1. The molecule has 2 N–H and O–H groups in total. The van der Waals surface area contributed by atoms with Crippen LogP contribution in [-0.2, 0) is 11.0 Å². The van der Waals surface area contributed by atoms with E-state index in [-0.39, 0.29) is 10.8 Å². The van der Waals surface area contributed by atoms with Gasteiger partial charge in [-0.15, -0.1) is 0 Å². The molecular formula is C26H38N4O3Si. The zero-order valence-corrected chi connectivity index (χ0v) is 22.3. The van der Waals surface area contributed by atoms with Crippen LogP contribution in [0.4, 0.5) is 5.82 Å². The molecule has 0 unspecified atom stereocenters. The van der Waals surface area contributed by atoms with Gasteiger partial charge >= 0.3 is 0 Å². The average molecular weight is 483 g/mol. The van der Waals surface area contributed by atoms with Crippen molar-refractivity contribution in [3.8, 4) is 11.5 Å². The van der Waals surface area contributed by atoms with Gasteiger partial charge in [-0.05, 0) is 67.6 Å². The fraction of sp³-hybridized carbons (Fsp3) is 0.538. The molecule has 1 aliphatic carbocycles. The van der Waals surface area contributed by atoms with Gasteiger partial charge in [0.1, 0.15) is 16.9 Å². The summed E-state index contributed by atoms with van der Waals surface area (Å²) in [5.74, 6) is 1.71. The largest absolute Gasteiger partial charge is 0.507 e. The van der Waals surface area contributed by atoms with Gasteiger partial charge in [0, 0.05) is 18.3 Å². The SMILES string of the molecule is COc1ccc(Cn2nc(N[C@H]3CC[C@H](O[Si](C)(C)C(C)(C)C)CC3)c3c(O)ccnc32)cc1. The number of ether oxygens (including phenoxy) is 1. The number of pyridine rings is 1. The van der Waals surface area contributed by atoms with Gasteiger partial charge in [0.05, 0.1) is 13.7 Å². The van der Waals surface area contributed by atoms with Crippen LogP contribution in [-0.4, -0.2) is 47.4 Å². The maximum absolute atomic E-state index is 10.6. The van der Waals surface area contributed by atoms with Gasteiger partial charge in [0.25, 0.3) is 0 Å². The number of fused-ring (bicyclic) bond motifs is 1. The molecule has 3 aromatic rings. The summed E-state index contributed by atoms with van der Waals surface area (Å²) in [6.07, 6.45) is 6.08. The Morgan fingerprint density at radius 2 is 1.76 bits per heavy atom. The van der Waals surface area contributed by atoms with E-state index in [4.69, 9.17) is 14.3 Å². The summed E-state index contributed by atoms with van der Waals surface area (Å²) < 4.78 is 13.8. The molecule has 7 nitrogen and oxygen atoms in total. The fourth-order valence-electron chi connectivity index (χ4n) is 4.31. The van der Waals surface area contributed by atoms with Crippen LogP contribution in [0.5, 0.6) is 11.5 Å². The van der Waals surface area contributed by atoms with Crippen molar-refractivity contribution < 1.29 is 14.3 Å². The smallest absolute Gasteiger partial charge is 0.192 e. The average Bonchev–Trinajstić information content (AvgIpc) is 3.13. The highest BCUT2D eigenvalue weighted by Crippen LogP contribution is 2.39. The Kier molecular flexibility index (Phi) is 6.91. The van der Waals surface area contributed by atoms with Crippen molar-refractivity contribution >= 4 is 25.2 Å². The van der Waals surface area contributed by atoms with E-state index in [1.165, 1.54) is 0 Å². The third-order valence-corrected chi connectivity index (χ3v) is 11.9. The minimum Gasteiger partial charge on any atom is -0.507 e. The second kappa shape index (κ2) is 9.58. The van der Waals surface area contributed by atoms with Crippen molar-refractivity contribution in [2.24, 2.45) is 0 Å². The first-order valence-corrected chi connectivity index (χ1v) is 15.1. The normalized spacial score (nSPS) is 19.4. The second-order valence-electron chi connectivity index (χ2n) is 10.9. The Hall–Kier alpha value is -2.58. The number of methoxy groups -OCH3 is 1. The number of rotatable bonds is 7. The number of aromatic nitrogens is 3. The van der Waals surface area contributed by atoms with Gasteiger partial charge in [-0.1, -0.05) is 32.9 Å². The predicted molar refractivity (Wildman–Crippen MR) is 139 cm³/mol. The third kappa shape index (κ3) is 5.23. The lowest BCUT2D eigenvalue weighted by molar-refractivity contribution is 0.133. The van der Waals surface area contributed by atoms with E-state index in [0.717, 1.165) is 37.0 Å². The first-order valence-electron chi connectivity index (χ1n) is 12.2. The standard InChI is InChI=1S/C26H38N4O3Si/c1-26(2,3)34(5,6)33-21-13-9-19(10-14-21)28-24-23-22(31)15-16-27-25(23)30(29-24)17-18-7-11-20(32-4)12-8-18/h7-8,11-12,15-16,19,21H,9-10,13-14,17H2,1-6H3,(H,27,31)(H,28,29)/t19-,21-. The van der Waals surface area contributed by atoms with E-state index in [0.29, 0.717) is 35.5 Å². The molecular weight excluding hydrogens is 444 g/mol. The number of hydrogen-bond acceptors (Lipinski definition) is 6. The quantitative estimate of drug-likeness (QED) is 0.406. The van der Waals surface area contributed by atoms with Gasteiger partial charge < -0.3 is 19.6 Å². The molecule has 2 aromatic heterocycles. The molecule has 0 bridgehead atoms. The minimum absolute atomic E-state index is 0.198. The van der Waals surface area contributed by atoms with Gasteiger partial charge in [0.15, 0.2) is 19.8 Å². The molecule has 1 fully saturated rings. The van der Waals surface area contributed by atoms with E-state index in [1.807, 2.05) is 28.9 Å². The molecule has 1 saturated carbocycles. The molecule has 0 radical (unpaired) electrons. The summed E-state index contributed by atoms with van der Waals surface area (Å²) in [6.45, 7) is 12.1. The van der Waals surface area contributed by atoms with E-state index in [1.54, 1.807) is 19.4 Å². The molecule has 2 heterocycles. The Labute approximate surface area is 203 Å². The Morgan fingerprint density at radius 3 is 2.38 bits per heavy atom. The molecule has 184 valence electrons. The van der Waals surface area contributed by atoms with Gasteiger partial charge in [-0.25, -0.2) is 9.67 Å². The molecule has 4 rings (SSSR count). The molecule has 0 spiro atoms. The van der Waals surface area contributed by atoms with Crippen LogP contribution in [0.25, 0.3) is 11.0 Å². The fourth-order valence-corrected chi connectivity index (χ4v) is 5.73. The Bertz CT molecular complexity index is 1110. The molecule has 0 aliphatic heterocycles. The number of hydrogen-bond donors (Lipinski definition) is 2. The Balaban J connectivity index is 1.47. The lowest BCUT2D eigenvalue weighted by Crippen LogP contribution is -2.45. The van der Waals surface area contributed by atoms with Gasteiger partial charge in [-0.2, -0.15) is 5.10 Å². The topological polar surface area (TPSA) is 81.4 Å². The molecule has 1 aromatic carbocycles. The first-order chi connectivity index (χ1) is 16.1. The number of nitrogens with one attached hydrogen (secondary N) is 1. The van der Waals surface area contributed by atoms with E-state index < -0.39 is 8.32 Å². The highest BCUT2D eigenvalue weighted by Gasteiger charge is 2.39. The molecule has 1 aliphatic rings. The first kappa shape index (κ1) is 24.5. The summed E-state index contributed by atoms with van der Waals surface area (Å²) in [5.41, 5.74) is 1.76. The molecule has 0 atom stereocenters. The van der Waals surface area contributed by atoms with E-state index in [9.17, 15) is 5.11 Å². The van der Waals surface area contributed by atoms with Crippen molar-refractivity contribution in [2.75, 3.05) is 12.4 Å². The van der Waals surface area contributed by atoms with Crippen LogP contribution < -0.4 is 10.1 Å². The van der Waals surface area contributed by atoms with Crippen molar-refractivity contribution in [3.63, 3.8) is 0 Å². The lowest BCUT2D eigenvalue weighted by atomic mass is 9.93. The van der Waals surface area contributed by atoms with Gasteiger partial charge in [0.2, 0.25) is 0 Å². The predicted octanol–water partition coefficient (Wildman–Crippen LogP) is 5.94. The van der Waals surface area contributed by atoms with E-state index >= 15 is 0 Å². The molecule has 0 saturated heterocycles. The maximum atomic E-state index is 10.6. The van der Waals surface area contributed by atoms with Crippen LogP contribution in [0.3, 0.4) is 0 Å². The van der Waals surface area contributed by atoms with Crippen molar-refractivity contribution in [1.29, 1.82) is 0 Å². The maximum Gasteiger partial charge on any atom is 0.192 e. The zero-order valence-electron chi connectivity index (χ0n) is 21.3. The van der Waals surface area contributed by atoms with Crippen molar-refractivity contribution in [1.82, 2.24) is 14.8 Å². The van der Waals surface area contributed by atoms with Crippen LogP contribution in [0.2, 0.25) is 18.1 Å². The number of aromatic hydroxyl groups is 1. The molecule has 0 amide bonds. The van der Waals surface area contributed by atoms with Crippen molar-refractivity contribution in [3.05, 3.63) is 42.1 Å². The van der Waals surface area contributed by atoms with E-state index in [2.05, 4.69) is 44.2 Å². The van der Waals surface area contributed by atoms with Crippen LogP contribution in [0, 0.1) is 0 Å².